The number of carbonyl (C=O) groups excluding carboxylic acids is 1. The lowest BCUT2D eigenvalue weighted by Gasteiger charge is -2.30. The second-order valence-corrected chi connectivity index (χ2v) is 8.25. The number of para-hydroxylation sites is 3. The molecule has 1 amide bonds. The van der Waals surface area contributed by atoms with Crippen molar-refractivity contribution in [3.8, 4) is 23.1 Å². The molecule has 1 heterocycles. The van der Waals surface area contributed by atoms with E-state index in [1.54, 1.807) is 11.8 Å². The van der Waals surface area contributed by atoms with Crippen molar-refractivity contribution >= 4 is 5.91 Å². The SMILES string of the molecule is CCC(C)N(Cc1c(C)nn(-c2ccccc2)c1Oc1ccccc1OC)C(=O)C(C)C. The second kappa shape index (κ2) is 10.4. The van der Waals surface area contributed by atoms with Crippen molar-refractivity contribution in [2.24, 2.45) is 5.92 Å². The second-order valence-electron chi connectivity index (χ2n) is 8.25. The first-order valence-corrected chi connectivity index (χ1v) is 11.1. The van der Waals surface area contributed by atoms with Gasteiger partial charge in [0.1, 0.15) is 0 Å². The van der Waals surface area contributed by atoms with E-state index in [9.17, 15) is 4.79 Å². The zero-order valence-corrected chi connectivity index (χ0v) is 19.8. The molecule has 3 rings (SSSR count). The molecule has 1 unspecified atom stereocenters. The zero-order valence-electron chi connectivity index (χ0n) is 19.8. The molecular weight excluding hydrogens is 402 g/mol. The number of nitrogens with zero attached hydrogens (tertiary/aromatic N) is 3. The first kappa shape index (κ1) is 23.4. The normalized spacial score (nSPS) is 12.0. The molecular formula is C26H33N3O3. The predicted molar refractivity (Wildman–Crippen MR) is 127 cm³/mol. The van der Waals surface area contributed by atoms with Crippen molar-refractivity contribution in [3.63, 3.8) is 0 Å². The van der Waals surface area contributed by atoms with Crippen LogP contribution in [0.5, 0.6) is 17.4 Å². The molecule has 6 nitrogen and oxygen atoms in total. The summed E-state index contributed by atoms with van der Waals surface area (Å²) in [6.07, 6.45) is 0.868. The Bertz CT molecular complexity index is 1040. The summed E-state index contributed by atoms with van der Waals surface area (Å²) in [6.45, 7) is 10.4. The molecule has 170 valence electrons. The number of aromatic nitrogens is 2. The van der Waals surface area contributed by atoms with E-state index in [4.69, 9.17) is 14.6 Å². The maximum atomic E-state index is 13.0. The summed E-state index contributed by atoms with van der Waals surface area (Å²) < 4.78 is 13.7. The summed E-state index contributed by atoms with van der Waals surface area (Å²) in [5.74, 6) is 1.84. The summed E-state index contributed by atoms with van der Waals surface area (Å²) in [5, 5.41) is 4.79. The highest BCUT2D eigenvalue weighted by atomic mass is 16.5. The van der Waals surface area contributed by atoms with Crippen molar-refractivity contribution in [1.29, 1.82) is 0 Å². The lowest BCUT2D eigenvalue weighted by molar-refractivity contribution is -0.137. The third kappa shape index (κ3) is 4.96. The average Bonchev–Trinajstić information content (AvgIpc) is 3.12. The Morgan fingerprint density at radius 1 is 1.03 bits per heavy atom. The fraction of sp³-hybridized carbons (Fsp3) is 0.385. The van der Waals surface area contributed by atoms with E-state index in [2.05, 4.69) is 13.8 Å². The van der Waals surface area contributed by atoms with Crippen LogP contribution < -0.4 is 9.47 Å². The van der Waals surface area contributed by atoms with Gasteiger partial charge in [0.25, 0.3) is 0 Å². The van der Waals surface area contributed by atoms with Crippen molar-refractivity contribution in [2.75, 3.05) is 7.11 Å². The Labute approximate surface area is 190 Å². The maximum absolute atomic E-state index is 13.0. The molecule has 0 aliphatic heterocycles. The van der Waals surface area contributed by atoms with Gasteiger partial charge in [0, 0.05) is 12.0 Å². The zero-order chi connectivity index (χ0) is 23.3. The Morgan fingerprint density at radius 3 is 2.25 bits per heavy atom. The minimum atomic E-state index is -0.0907. The maximum Gasteiger partial charge on any atom is 0.228 e. The molecule has 0 N–H and O–H groups in total. The predicted octanol–water partition coefficient (Wildman–Crippen LogP) is 5.76. The number of amides is 1. The van der Waals surface area contributed by atoms with E-state index in [0.29, 0.717) is 23.9 Å². The van der Waals surface area contributed by atoms with Gasteiger partial charge < -0.3 is 14.4 Å². The van der Waals surface area contributed by atoms with E-state index in [1.807, 2.05) is 80.3 Å². The van der Waals surface area contributed by atoms with E-state index in [-0.39, 0.29) is 17.9 Å². The fourth-order valence-corrected chi connectivity index (χ4v) is 3.55. The molecule has 0 bridgehead atoms. The number of hydrogen-bond acceptors (Lipinski definition) is 4. The van der Waals surface area contributed by atoms with Gasteiger partial charge in [0.2, 0.25) is 11.8 Å². The Morgan fingerprint density at radius 2 is 1.66 bits per heavy atom. The van der Waals surface area contributed by atoms with Crippen molar-refractivity contribution in [2.45, 2.75) is 53.6 Å². The number of methoxy groups -OCH3 is 1. The summed E-state index contributed by atoms with van der Waals surface area (Å²) in [5.41, 5.74) is 2.59. The Hall–Kier alpha value is -3.28. The molecule has 0 saturated carbocycles. The highest BCUT2D eigenvalue weighted by Crippen LogP contribution is 2.36. The molecule has 0 radical (unpaired) electrons. The lowest BCUT2D eigenvalue weighted by Crippen LogP contribution is -2.40. The van der Waals surface area contributed by atoms with Crippen LogP contribution in [0.1, 0.15) is 45.4 Å². The number of rotatable bonds is 9. The summed E-state index contributed by atoms with van der Waals surface area (Å²) in [7, 11) is 1.62. The number of benzene rings is 2. The largest absolute Gasteiger partial charge is 0.493 e. The Balaban J connectivity index is 2.13. The van der Waals surface area contributed by atoms with Crippen LogP contribution in [0, 0.1) is 12.8 Å². The van der Waals surface area contributed by atoms with Gasteiger partial charge in [-0.3, -0.25) is 4.79 Å². The molecule has 1 aromatic heterocycles. The van der Waals surface area contributed by atoms with Crippen LogP contribution in [0.4, 0.5) is 0 Å². The Kier molecular flexibility index (Phi) is 7.57. The summed E-state index contributed by atoms with van der Waals surface area (Å²) in [6, 6.07) is 17.5. The van der Waals surface area contributed by atoms with Crippen LogP contribution in [0.3, 0.4) is 0 Å². The molecule has 0 fully saturated rings. The molecule has 2 aromatic carbocycles. The van der Waals surface area contributed by atoms with Gasteiger partial charge in [-0.05, 0) is 44.5 Å². The van der Waals surface area contributed by atoms with Crippen LogP contribution in [0.25, 0.3) is 5.69 Å². The van der Waals surface area contributed by atoms with Gasteiger partial charge in [-0.1, -0.05) is 51.1 Å². The highest BCUT2D eigenvalue weighted by molar-refractivity contribution is 5.78. The summed E-state index contributed by atoms with van der Waals surface area (Å²) >= 11 is 0. The molecule has 1 atom stereocenters. The van der Waals surface area contributed by atoms with Gasteiger partial charge >= 0.3 is 0 Å². The van der Waals surface area contributed by atoms with Crippen LogP contribution in [-0.2, 0) is 11.3 Å². The molecule has 6 heteroatoms. The third-order valence-electron chi connectivity index (χ3n) is 5.64. The molecule has 0 spiro atoms. The summed E-state index contributed by atoms with van der Waals surface area (Å²) in [4.78, 5) is 15.0. The number of ether oxygens (including phenoxy) is 2. The first-order chi connectivity index (χ1) is 15.4. The van der Waals surface area contributed by atoms with Crippen LogP contribution in [0.2, 0.25) is 0 Å². The van der Waals surface area contributed by atoms with Gasteiger partial charge in [0.05, 0.1) is 30.6 Å². The first-order valence-electron chi connectivity index (χ1n) is 11.1. The molecule has 0 aliphatic rings. The van der Waals surface area contributed by atoms with Gasteiger partial charge in [-0.2, -0.15) is 5.10 Å². The van der Waals surface area contributed by atoms with E-state index >= 15 is 0 Å². The minimum absolute atomic E-state index is 0.0907. The number of carbonyl (C=O) groups is 1. The molecule has 3 aromatic rings. The quantitative estimate of drug-likeness (QED) is 0.428. The number of aryl methyl sites for hydroxylation is 1. The molecule has 0 saturated heterocycles. The third-order valence-corrected chi connectivity index (χ3v) is 5.64. The smallest absolute Gasteiger partial charge is 0.228 e. The average molecular weight is 436 g/mol. The van der Waals surface area contributed by atoms with Crippen LogP contribution in [-0.4, -0.2) is 33.7 Å². The lowest BCUT2D eigenvalue weighted by atomic mass is 10.1. The minimum Gasteiger partial charge on any atom is -0.493 e. The standard InChI is InChI=1S/C26H33N3O3/c1-7-19(4)28(25(30)18(2)3)17-22-20(5)27-29(21-13-9-8-10-14-21)26(22)32-24-16-12-11-15-23(24)31-6/h8-16,18-19H,7,17H2,1-6H3. The van der Waals surface area contributed by atoms with E-state index < -0.39 is 0 Å². The van der Waals surface area contributed by atoms with Crippen molar-refractivity contribution in [1.82, 2.24) is 14.7 Å². The van der Waals surface area contributed by atoms with E-state index in [0.717, 1.165) is 23.4 Å². The fourth-order valence-electron chi connectivity index (χ4n) is 3.55. The molecule has 0 aliphatic carbocycles. The molecule has 32 heavy (non-hydrogen) atoms. The van der Waals surface area contributed by atoms with Crippen molar-refractivity contribution in [3.05, 3.63) is 65.9 Å². The topological polar surface area (TPSA) is 56.6 Å². The van der Waals surface area contributed by atoms with Crippen molar-refractivity contribution < 1.29 is 14.3 Å². The van der Waals surface area contributed by atoms with E-state index in [1.165, 1.54) is 0 Å². The van der Waals surface area contributed by atoms with Crippen LogP contribution >= 0.6 is 0 Å². The van der Waals surface area contributed by atoms with Gasteiger partial charge in [0.15, 0.2) is 11.5 Å². The van der Waals surface area contributed by atoms with Gasteiger partial charge in [-0.25, -0.2) is 4.68 Å². The highest BCUT2D eigenvalue weighted by Gasteiger charge is 2.27. The van der Waals surface area contributed by atoms with Gasteiger partial charge in [-0.15, -0.1) is 0 Å². The van der Waals surface area contributed by atoms with Crippen LogP contribution in [0.15, 0.2) is 54.6 Å². The number of hydrogen-bond donors (Lipinski definition) is 0. The monoisotopic (exact) mass is 435 g/mol.